The van der Waals surface area contributed by atoms with Crippen molar-refractivity contribution in [2.45, 2.75) is 0 Å². The first kappa shape index (κ1) is 15.1. The molecule has 0 radical (unpaired) electrons. The Morgan fingerprint density at radius 3 is 2.52 bits per heavy atom. The first-order valence-electron chi connectivity index (χ1n) is 6.63. The fraction of sp³-hybridized carbons (Fsp3) is 0.357. The Morgan fingerprint density at radius 1 is 1.10 bits per heavy atom. The van der Waals surface area contributed by atoms with Gasteiger partial charge >= 0.3 is 0 Å². The molecule has 2 aliphatic rings. The summed E-state index contributed by atoms with van der Waals surface area (Å²) in [6.45, 7) is 3.98. The Balaban J connectivity index is 1.78. The summed E-state index contributed by atoms with van der Waals surface area (Å²) < 4.78 is 5.35. The van der Waals surface area contributed by atoms with Crippen LogP contribution >= 0.6 is 34.8 Å². The Labute approximate surface area is 138 Å². The molecule has 1 saturated heterocycles. The summed E-state index contributed by atoms with van der Waals surface area (Å²) in [5, 5.41) is 5.75. The van der Waals surface area contributed by atoms with E-state index >= 15 is 0 Å². The third-order valence-corrected chi connectivity index (χ3v) is 4.44. The smallest absolute Gasteiger partial charge is 0.106 e. The highest BCUT2D eigenvalue weighted by Crippen LogP contribution is 2.34. The van der Waals surface area contributed by atoms with Crippen LogP contribution in [-0.4, -0.2) is 49.2 Å². The summed E-state index contributed by atoms with van der Waals surface area (Å²) in [6, 6.07) is 3.41. The van der Waals surface area contributed by atoms with Crippen molar-refractivity contribution in [3.05, 3.63) is 38.8 Å². The number of halogens is 3. The van der Waals surface area contributed by atoms with E-state index in [4.69, 9.17) is 39.5 Å². The summed E-state index contributed by atoms with van der Waals surface area (Å²) >= 11 is 18.3. The predicted octanol–water partition coefficient (Wildman–Crippen LogP) is 3.58. The number of hydrazine groups is 1. The summed E-state index contributed by atoms with van der Waals surface area (Å²) in [7, 11) is 0. The number of benzene rings is 1. The second-order valence-electron chi connectivity index (χ2n) is 4.77. The maximum absolute atomic E-state index is 6.24. The van der Waals surface area contributed by atoms with Gasteiger partial charge in [0, 0.05) is 23.7 Å². The number of ether oxygens (including phenoxy) is 1. The molecule has 0 N–H and O–H groups in total. The molecule has 0 bridgehead atoms. The van der Waals surface area contributed by atoms with Crippen LogP contribution in [0.25, 0.3) is 5.70 Å². The number of nitrogens with zero attached hydrogens (tertiary/aromatic N) is 3. The van der Waals surface area contributed by atoms with Crippen LogP contribution in [0.2, 0.25) is 15.1 Å². The fourth-order valence-corrected chi connectivity index (χ4v) is 3.03. The van der Waals surface area contributed by atoms with Gasteiger partial charge in [0.1, 0.15) is 6.34 Å². The topological polar surface area (TPSA) is 28.1 Å². The quantitative estimate of drug-likeness (QED) is 0.766. The lowest BCUT2D eigenvalue weighted by Gasteiger charge is -2.36. The van der Waals surface area contributed by atoms with Crippen LogP contribution in [0.3, 0.4) is 0 Å². The molecule has 21 heavy (non-hydrogen) atoms. The number of hydrogen-bond acceptors (Lipinski definition) is 4. The molecule has 0 amide bonds. The highest BCUT2D eigenvalue weighted by Gasteiger charge is 2.19. The molecule has 2 heterocycles. The predicted molar refractivity (Wildman–Crippen MR) is 87.0 cm³/mol. The summed E-state index contributed by atoms with van der Waals surface area (Å²) in [5.41, 5.74) is 1.54. The second kappa shape index (κ2) is 6.55. The van der Waals surface area contributed by atoms with E-state index in [0.29, 0.717) is 15.1 Å². The van der Waals surface area contributed by atoms with E-state index in [1.807, 2.05) is 12.4 Å². The van der Waals surface area contributed by atoms with E-state index in [1.54, 1.807) is 12.1 Å². The van der Waals surface area contributed by atoms with Gasteiger partial charge in [-0.1, -0.05) is 34.8 Å². The van der Waals surface area contributed by atoms with Crippen LogP contribution in [0.4, 0.5) is 0 Å². The second-order valence-corrected chi connectivity index (χ2v) is 5.99. The monoisotopic (exact) mass is 345 g/mol. The zero-order chi connectivity index (χ0) is 14.8. The highest BCUT2D eigenvalue weighted by atomic mass is 35.5. The molecule has 2 aliphatic heterocycles. The molecule has 0 atom stereocenters. The van der Waals surface area contributed by atoms with Gasteiger partial charge in [0.25, 0.3) is 0 Å². The number of morpholine rings is 1. The van der Waals surface area contributed by atoms with Crippen LogP contribution in [0.15, 0.2) is 23.2 Å². The molecule has 3 rings (SSSR count). The third-order valence-electron chi connectivity index (χ3n) is 3.42. The zero-order valence-corrected chi connectivity index (χ0v) is 13.5. The molecule has 0 aromatic heterocycles. The third kappa shape index (κ3) is 3.35. The van der Waals surface area contributed by atoms with Gasteiger partial charge < -0.3 is 4.74 Å². The maximum Gasteiger partial charge on any atom is 0.106 e. The lowest BCUT2D eigenvalue weighted by Crippen LogP contribution is -2.48. The normalized spacial score (nSPS) is 19.8. The Kier molecular flexibility index (Phi) is 4.72. The molecule has 4 nitrogen and oxygen atoms in total. The lowest BCUT2D eigenvalue weighted by molar-refractivity contribution is -0.0429. The standard InChI is InChI=1S/C14H14Cl3N3O/c15-10-7-11(14(17)12(16)8-10)13-1-2-20(9-18-13)19-3-5-21-6-4-19/h1,7-9H,2-6H2. The van der Waals surface area contributed by atoms with Gasteiger partial charge in [0.2, 0.25) is 0 Å². The van der Waals surface area contributed by atoms with Crippen molar-refractivity contribution >= 4 is 46.8 Å². The number of rotatable bonds is 2. The molecular weight excluding hydrogens is 333 g/mol. The van der Waals surface area contributed by atoms with Crippen LogP contribution in [0, 0.1) is 0 Å². The van der Waals surface area contributed by atoms with Crippen molar-refractivity contribution in [2.24, 2.45) is 4.99 Å². The molecule has 1 aromatic carbocycles. The first-order valence-corrected chi connectivity index (χ1v) is 7.77. The van der Waals surface area contributed by atoms with Crippen LogP contribution < -0.4 is 0 Å². The van der Waals surface area contributed by atoms with Crippen molar-refractivity contribution in [3.8, 4) is 0 Å². The Bertz CT molecular complexity index is 597. The van der Waals surface area contributed by atoms with Crippen LogP contribution in [0.5, 0.6) is 0 Å². The van der Waals surface area contributed by atoms with Gasteiger partial charge in [-0.3, -0.25) is 5.01 Å². The lowest BCUT2D eigenvalue weighted by atomic mass is 10.1. The molecule has 0 aliphatic carbocycles. The van der Waals surface area contributed by atoms with Crippen molar-refractivity contribution in [2.75, 3.05) is 32.8 Å². The SMILES string of the molecule is Clc1cc(Cl)c(Cl)c(C2=CCN(N3CCOCC3)C=N2)c1. The van der Waals surface area contributed by atoms with E-state index in [2.05, 4.69) is 15.0 Å². The molecule has 1 fully saturated rings. The summed E-state index contributed by atoms with van der Waals surface area (Å²) in [5.74, 6) is 0. The summed E-state index contributed by atoms with van der Waals surface area (Å²) in [4.78, 5) is 4.48. The average Bonchev–Trinajstić information content (AvgIpc) is 2.52. The van der Waals surface area contributed by atoms with Gasteiger partial charge in [-0.25, -0.2) is 10.0 Å². The molecule has 0 spiro atoms. The molecule has 0 unspecified atom stereocenters. The van der Waals surface area contributed by atoms with E-state index in [9.17, 15) is 0 Å². The van der Waals surface area contributed by atoms with E-state index < -0.39 is 0 Å². The minimum atomic E-state index is 0.436. The summed E-state index contributed by atoms with van der Waals surface area (Å²) in [6.07, 6.45) is 3.83. The first-order chi connectivity index (χ1) is 10.1. The largest absolute Gasteiger partial charge is 0.379 e. The van der Waals surface area contributed by atoms with E-state index in [0.717, 1.165) is 44.1 Å². The van der Waals surface area contributed by atoms with Crippen LogP contribution in [0.1, 0.15) is 5.56 Å². The number of aliphatic imine (C=N–C) groups is 1. The molecule has 0 saturated carbocycles. The molecule has 7 heteroatoms. The van der Waals surface area contributed by atoms with Gasteiger partial charge in [-0.05, 0) is 18.2 Å². The van der Waals surface area contributed by atoms with Crippen molar-refractivity contribution < 1.29 is 4.74 Å². The highest BCUT2D eigenvalue weighted by molar-refractivity contribution is 6.44. The van der Waals surface area contributed by atoms with Gasteiger partial charge in [0.05, 0.1) is 35.5 Å². The minimum absolute atomic E-state index is 0.436. The van der Waals surface area contributed by atoms with Crippen LogP contribution in [-0.2, 0) is 4.74 Å². The number of hydrogen-bond donors (Lipinski definition) is 0. The minimum Gasteiger partial charge on any atom is -0.379 e. The fourth-order valence-electron chi connectivity index (χ4n) is 2.33. The molecular formula is C14H14Cl3N3O. The van der Waals surface area contributed by atoms with Crippen molar-refractivity contribution in [1.29, 1.82) is 0 Å². The van der Waals surface area contributed by atoms with Gasteiger partial charge in [-0.15, -0.1) is 0 Å². The Morgan fingerprint density at radius 2 is 1.86 bits per heavy atom. The van der Waals surface area contributed by atoms with E-state index in [-0.39, 0.29) is 0 Å². The maximum atomic E-state index is 6.24. The van der Waals surface area contributed by atoms with Crippen molar-refractivity contribution in [1.82, 2.24) is 10.0 Å². The average molecular weight is 347 g/mol. The molecule has 1 aromatic rings. The Hall–Kier alpha value is -0.780. The van der Waals surface area contributed by atoms with Gasteiger partial charge in [0.15, 0.2) is 0 Å². The van der Waals surface area contributed by atoms with Gasteiger partial charge in [-0.2, -0.15) is 0 Å². The zero-order valence-electron chi connectivity index (χ0n) is 11.2. The van der Waals surface area contributed by atoms with Crippen molar-refractivity contribution in [3.63, 3.8) is 0 Å². The van der Waals surface area contributed by atoms with E-state index in [1.165, 1.54) is 0 Å². The molecule has 112 valence electrons.